The number of oxime groups is 1. The van der Waals surface area contributed by atoms with Gasteiger partial charge in [0.15, 0.2) is 17.7 Å². The number of aromatic carboxylic acids is 1. The maximum atomic E-state index is 15.3. The van der Waals surface area contributed by atoms with E-state index in [0.717, 1.165) is 12.3 Å². The maximum Gasteiger partial charge on any atom is 0.341 e. The molecular weight excluding hydrogens is 414 g/mol. The van der Waals surface area contributed by atoms with Crippen molar-refractivity contribution >= 4 is 28.3 Å². The number of nitrogens with two attached hydrogens (primary N) is 1. The van der Waals surface area contributed by atoms with Crippen molar-refractivity contribution in [2.45, 2.75) is 24.7 Å². The molecule has 1 saturated carbocycles. The van der Waals surface area contributed by atoms with Crippen molar-refractivity contribution < 1.29 is 28.3 Å². The molecule has 9 nitrogen and oxygen atoms in total. The summed E-state index contributed by atoms with van der Waals surface area (Å²) in [6.45, 7) is 0.929. The molecule has 0 amide bonds. The second kappa shape index (κ2) is 6.91. The molecule has 3 aliphatic rings. The minimum atomic E-state index is -1.46. The fourth-order valence-electron chi connectivity index (χ4n) is 4.56. The lowest BCUT2D eigenvalue weighted by Gasteiger charge is -2.25. The molecule has 2 unspecified atom stereocenters. The van der Waals surface area contributed by atoms with Crippen molar-refractivity contribution in [1.29, 1.82) is 0 Å². The Balaban J connectivity index is 1.72. The van der Waals surface area contributed by atoms with Crippen LogP contribution in [0.25, 0.3) is 10.9 Å². The third-order valence-electron chi connectivity index (χ3n) is 6.20. The Hall–Kier alpha value is -3.21. The van der Waals surface area contributed by atoms with Gasteiger partial charge in [-0.1, -0.05) is 5.16 Å². The Morgan fingerprint density at radius 3 is 2.81 bits per heavy atom. The highest BCUT2D eigenvalue weighted by atomic mass is 19.1. The number of rotatable bonds is 5. The van der Waals surface area contributed by atoms with Crippen LogP contribution in [0.5, 0.6) is 5.75 Å². The first-order chi connectivity index (χ1) is 14.8. The summed E-state index contributed by atoms with van der Waals surface area (Å²) >= 11 is 0. The molecular formula is C20H20F2N4O5. The molecule has 1 aromatic carbocycles. The summed E-state index contributed by atoms with van der Waals surface area (Å²) < 4.78 is 36.2. The Kier molecular flexibility index (Phi) is 4.40. The van der Waals surface area contributed by atoms with Gasteiger partial charge in [0, 0.05) is 25.7 Å². The molecule has 2 aliphatic heterocycles. The Bertz CT molecular complexity index is 1200. The van der Waals surface area contributed by atoms with Gasteiger partial charge >= 0.3 is 5.97 Å². The number of nitrogens with zero attached hydrogens (tertiary/aromatic N) is 3. The van der Waals surface area contributed by atoms with Gasteiger partial charge in [-0.3, -0.25) is 4.79 Å². The number of benzene rings is 1. The summed E-state index contributed by atoms with van der Waals surface area (Å²) in [6, 6.07) is 0.353. The number of halogens is 2. The van der Waals surface area contributed by atoms with Crippen molar-refractivity contribution in [1.82, 2.24) is 4.57 Å². The molecule has 0 radical (unpaired) electrons. The number of anilines is 1. The van der Waals surface area contributed by atoms with Crippen LogP contribution in [0.3, 0.4) is 0 Å². The predicted molar refractivity (Wildman–Crippen MR) is 107 cm³/mol. The molecule has 3 N–H and O–H groups in total. The van der Waals surface area contributed by atoms with Crippen LogP contribution in [0.4, 0.5) is 14.5 Å². The monoisotopic (exact) mass is 434 g/mol. The number of alkyl halides is 1. The molecule has 4 atom stereocenters. The molecule has 1 aliphatic carbocycles. The maximum absolute atomic E-state index is 15.3. The second-order valence-corrected chi connectivity index (χ2v) is 7.98. The summed E-state index contributed by atoms with van der Waals surface area (Å²) in [4.78, 5) is 31.5. The number of carboxylic acid groups (broad SMARTS) is 1. The van der Waals surface area contributed by atoms with Crippen LogP contribution in [0.15, 0.2) is 22.2 Å². The highest BCUT2D eigenvalue weighted by Crippen LogP contribution is 2.46. The van der Waals surface area contributed by atoms with Crippen LogP contribution < -0.4 is 20.8 Å². The molecule has 1 saturated heterocycles. The third kappa shape index (κ3) is 2.87. The molecule has 5 rings (SSSR count). The van der Waals surface area contributed by atoms with E-state index in [0.29, 0.717) is 18.8 Å². The largest absolute Gasteiger partial charge is 0.492 e. The van der Waals surface area contributed by atoms with Crippen molar-refractivity contribution in [2.75, 3.05) is 31.6 Å². The van der Waals surface area contributed by atoms with Gasteiger partial charge in [0.05, 0.1) is 42.2 Å². The SMILES string of the molecule is COc1c(N2CC3ON=C(CN)C3C2)c(F)cc2c(=O)c(C(=O)O)cn([C@@H]3C[C@@H]3F)c12. The number of pyridine rings is 1. The van der Waals surface area contributed by atoms with Crippen molar-refractivity contribution in [2.24, 2.45) is 16.8 Å². The van der Waals surface area contributed by atoms with Crippen LogP contribution in [0.2, 0.25) is 0 Å². The number of fused-ring (bicyclic) bond motifs is 2. The molecule has 11 heteroatoms. The molecule has 31 heavy (non-hydrogen) atoms. The van der Waals surface area contributed by atoms with Crippen LogP contribution in [-0.4, -0.2) is 60.4 Å². The van der Waals surface area contributed by atoms with Crippen LogP contribution >= 0.6 is 0 Å². The van der Waals surface area contributed by atoms with Gasteiger partial charge in [-0.05, 0) is 6.07 Å². The minimum Gasteiger partial charge on any atom is -0.492 e. The Morgan fingerprint density at radius 1 is 1.45 bits per heavy atom. The van der Waals surface area contributed by atoms with E-state index in [1.807, 2.05) is 0 Å². The predicted octanol–water partition coefficient (Wildman–Crippen LogP) is 1.28. The van der Waals surface area contributed by atoms with Gasteiger partial charge in [0.25, 0.3) is 0 Å². The summed E-state index contributed by atoms with van der Waals surface area (Å²) in [6.07, 6.45) is -0.185. The van der Waals surface area contributed by atoms with E-state index in [1.54, 1.807) is 4.90 Å². The molecule has 0 spiro atoms. The Labute approximate surface area is 174 Å². The second-order valence-electron chi connectivity index (χ2n) is 7.98. The van der Waals surface area contributed by atoms with E-state index in [1.165, 1.54) is 11.7 Å². The number of carbonyl (C=O) groups is 1. The van der Waals surface area contributed by atoms with E-state index in [4.69, 9.17) is 15.3 Å². The molecule has 2 aromatic rings. The van der Waals surface area contributed by atoms with Gasteiger partial charge in [-0.15, -0.1) is 0 Å². The average molecular weight is 434 g/mol. The van der Waals surface area contributed by atoms with Crippen LogP contribution in [0.1, 0.15) is 22.8 Å². The van der Waals surface area contributed by atoms with E-state index < -0.39 is 35.0 Å². The topological polar surface area (TPSA) is 119 Å². The first kappa shape index (κ1) is 19.7. The number of aromatic nitrogens is 1. The fraction of sp³-hybridized carbons (Fsp3) is 0.450. The standard InChI is InChI=1S/C20H20F2N4O5/c1-30-19-16-8(18(27)10(20(28)29)6-26(16)14-3-11(14)21)2-12(22)17(19)25-5-9-13(4-23)24-31-15(9)7-25/h2,6,9,11,14-15H,3-5,7,23H2,1H3,(H,28,29)/t9?,11-,14+,15?/m0/s1. The van der Waals surface area contributed by atoms with Gasteiger partial charge in [0.1, 0.15) is 17.4 Å². The highest BCUT2D eigenvalue weighted by Gasteiger charge is 2.44. The number of hydrogen-bond acceptors (Lipinski definition) is 7. The smallest absolute Gasteiger partial charge is 0.341 e. The molecule has 1 aromatic heterocycles. The summed E-state index contributed by atoms with van der Waals surface area (Å²) in [5, 5.41) is 13.2. The minimum absolute atomic E-state index is 0.0503. The van der Waals surface area contributed by atoms with Gasteiger partial charge in [-0.25, -0.2) is 13.6 Å². The van der Waals surface area contributed by atoms with E-state index in [2.05, 4.69) is 5.16 Å². The van der Waals surface area contributed by atoms with E-state index in [-0.39, 0.29) is 47.3 Å². The van der Waals surface area contributed by atoms with Gasteiger partial charge in [-0.2, -0.15) is 0 Å². The number of carboxylic acids is 1. The molecule has 164 valence electrons. The lowest BCUT2D eigenvalue weighted by molar-refractivity contribution is 0.0694. The zero-order chi connectivity index (χ0) is 22.0. The Morgan fingerprint density at radius 2 is 2.19 bits per heavy atom. The molecule has 0 bridgehead atoms. The van der Waals surface area contributed by atoms with Gasteiger partial charge < -0.3 is 29.9 Å². The lowest BCUT2D eigenvalue weighted by Crippen LogP contribution is -2.28. The summed E-state index contributed by atoms with van der Waals surface area (Å²) in [5.74, 6) is -2.25. The van der Waals surface area contributed by atoms with Crippen LogP contribution in [0, 0.1) is 11.7 Å². The molecule has 3 heterocycles. The average Bonchev–Trinajstić information content (AvgIpc) is 3.14. The zero-order valence-corrected chi connectivity index (χ0v) is 16.5. The van der Waals surface area contributed by atoms with Crippen molar-refractivity contribution in [3.8, 4) is 5.75 Å². The number of methoxy groups -OCH3 is 1. The summed E-state index contributed by atoms with van der Waals surface area (Å²) in [7, 11) is 1.33. The fourth-order valence-corrected chi connectivity index (χ4v) is 4.56. The number of ether oxygens (including phenoxy) is 1. The lowest BCUT2D eigenvalue weighted by atomic mass is 10.0. The van der Waals surface area contributed by atoms with Crippen molar-refractivity contribution in [3.63, 3.8) is 0 Å². The molecule has 2 fully saturated rings. The summed E-state index contributed by atoms with van der Waals surface area (Å²) in [5.41, 5.74) is 5.28. The van der Waals surface area contributed by atoms with E-state index in [9.17, 15) is 19.1 Å². The van der Waals surface area contributed by atoms with Crippen LogP contribution in [-0.2, 0) is 4.84 Å². The van der Waals surface area contributed by atoms with E-state index >= 15 is 4.39 Å². The highest BCUT2D eigenvalue weighted by molar-refractivity contribution is 5.97. The number of hydrogen-bond donors (Lipinski definition) is 2. The first-order valence-corrected chi connectivity index (χ1v) is 9.86. The third-order valence-corrected chi connectivity index (χ3v) is 6.20. The quantitative estimate of drug-likeness (QED) is 0.728. The van der Waals surface area contributed by atoms with Gasteiger partial charge in [0.2, 0.25) is 5.43 Å². The van der Waals surface area contributed by atoms with Crippen molar-refractivity contribution in [3.05, 3.63) is 33.9 Å². The zero-order valence-electron chi connectivity index (χ0n) is 16.5. The normalized spacial score (nSPS) is 26.6. The first-order valence-electron chi connectivity index (χ1n) is 9.86.